The fourth-order valence-electron chi connectivity index (χ4n) is 2.03. The summed E-state index contributed by atoms with van der Waals surface area (Å²) in [6, 6.07) is 3.20. The highest BCUT2D eigenvalue weighted by Gasteiger charge is 2.34. The van der Waals surface area contributed by atoms with Crippen molar-refractivity contribution in [2.24, 2.45) is 0 Å². The van der Waals surface area contributed by atoms with Gasteiger partial charge in [0.2, 0.25) is 0 Å². The molecule has 1 fully saturated rings. The molecule has 0 aromatic carbocycles. The Hall–Kier alpha value is -0.140. The third kappa shape index (κ3) is 2.72. The van der Waals surface area contributed by atoms with E-state index in [1.54, 1.807) is 16.4 Å². The Morgan fingerprint density at radius 1 is 1.39 bits per heavy atom. The van der Waals surface area contributed by atoms with Crippen molar-refractivity contribution in [2.75, 3.05) is 20.1 Å². The summed E-state index contributed by atoms with van der Waals surface area (Å²) in [5.41, 5.74) is 0.0408. The molecule has 4 nitrogen and oxygen atoms in total. The summed E-state index contributed by atoms with van der Waals surface area (Å²) in [5, 5.41) is 3.26. The third-order valence-electron chi connectivity index (χ3n) is 3.57. The van der Waals surface area contributed by atoms with E-state index < -0.39 is 10.0 Å². The molecule has 2 rings (SSSR count). The van der Waals surface area contributed by atoms with Crippen LogP contribution in [0.4, 0.5) is 0 Å². The molecule has 1 aromatic heterocycles. The van der Waals surface area contributed by atoms with Gasteiger partial charge >= 0.3 is 0 Å². The zero-order valence-corrected chi connectivity index (χ0v) is 12.8. The summed E-state index contributed by atoms with van der Waals surface area (Å²) < 4.78 is 27.1. The van der Waals surface area contributed by atoms with E-state index >= 15 is 0 Å². The van der Waals surface area contributed by atoms with Crippen LogP contribution < -0.4 is 5.32 Å². The third-order valence-corrected chi connectivity index (χ3v) is 7.17. The highest BCUT2D eigenvalue weighted by molar-refractivity contribution is 7.91. The van der Waals surface area contributed by atoms with E-state index in [1.807, 2.05) is 7.05 Å². The van der Waals surface area contributed by atoms with E-state index in [4.69, 9.17) is 11.6 Å². The maximum Gasteiger partial charge on any atom is 0.252 e. The molecule has 1 aromatic rings. The van der Waals surface area contributed by atoms with Crippen molar-refractivity contribution in [3.63, 3.8) is 0 Å². The second-order valence-electron chi connectivity index (χ2n) is 4.77. The molecule has 1 aliphatic rings. The first-order valence-corrected chi connectivity index (χ1v) is 8.45. The lowest BCUT2D eigenvalue weighted by molar-refractivity contribution is 0.220. The second-order valence-corrected chi connectivity index (χ2v) is 8.65. The molecule has 0 unspecified atom stereocenters. The lowest BCUT2D eigenvalue weighted by Gasteiger charge is -2.38. The number of rotatable bonds is 3. The number of halogens is 1. The molecular weight excluding hydrogens is 292 g/mol. The molecule has 102 valence electrons. The first-order valence-electron chi connectivity index (χ1n) is 5.82. The minimum absolute atomic E-state index is 0.0408. The van der Waals surface area contributed by atoms with Crippen LogP contribution in [0.25, 0.3) is 0 Å². The van der Waals surface area contributed by atoms with Crippen LogP contribution in [0.5, 0.6) is 0 Å². The SMILES string of the molecule is CNC1(C)CCN(S(=O)(=O)c2ccc(Cl)s2)CC1. The zero-order valence-electron chi connectivity index (χ0n) is 10.4. The van der Waals surface area contributed by atoms with Crippen molar-refractivity contribution in [3.8, 4) is 0 Å². The second kappa shape index (κ2) is 5.09. The highest BCUT2D eigenvalue weighted by atomic mass is 35.5. The molecule has 18 heavy (non-hydrogen) atoms. The summed E-state index contributed by atoms with van der Waals surface area (Å²) in [4.78, 5) is 0. The minimum atomic E-state index is -3.36. The Labute approximate surface area is 117 Å². The zero-order chi connectivity index (χ0) is 13.4. The van der Waals surface area contributed by atoms with E-state index in [1.165, 1.54) is 0 Å². The predicted molar refractivity (Wildman–Crippen MR) is 74.8 cm³/mol. The summed E-state index contributed by atoms with van der Waals surface area (Å²) in [6.45, 7) is 3.23. The van der Waals surface area contributed by atoms with Gasteiger partial charge in [0.15, 0.2) is 0 Å². The Morgan fingerprint density at radius 2 is 2.00 bits per heavy atom. The number of hydrogen-bond donors (Lipinski definition) is 1. The van der Waals surface area contributed by atoms with Crippen LogP contribution in [0.3, 0.4) is 0 Å². The van der Waals surface area contributed by atoms with E-state index in [-0.39, 0.29) is 5.54 Å². The Bertz CT molecular complexity index is 519. The first kappa shape index (κ1) is 14.3. The van der Waals surface area contributed by atoms with Gasteiger partial charge in [-0.05, 0) is 38.9 Å². The smallest absolute Gasteiger partial charge is 0.252 e. The van der Waals surface area contributed by atoms with Crippen molar-refractivity contribution in [1.29, 1.82) is 0 Å². The molecule has 7 heteroatoms. The Balaban J connectivity index is 2.14. The number of sulfonamides is 1. The van der Waals surface area contributed by atoms with Crippen LogP contribution in [-0.4, -0.2) is 38.4 Å². The van der Waals surface area contributed by atoms with Gasteiger partial charge in [-0.15, -0.1) is 11.3 Å². The van der Waals surface area contributed by atoms with Crippen LogP contribution in [0, 0.1) is 0 Å². The minimum Gasteiger partial charge on any atom is -0.314 e. The van der Waals surface area contributed by atoms with Crippen LogP contribution in [0.15, 0.2) is 16.3 Å². The van der Waals surface area contributed by atoms with Crippen molar-refractivity contribution < 1.29 is 8.42 Å². The standard InChI is InChI=1S/C11H17ClN2O2S2/c1-11(13-2)5-7-14(8-6-11)18(15,16)10-4-3-9(12)17-10/h3-4,13H,5-8H2,1-2H3. The Morgan fingerprint density at radius 3 is 2.44 bits per heavy atom. The summed E-state index contributed by atoms with van der Waals surface area (Å²) in [6.07, 6.45) is 1.64. The summed E-state index contributed by atoms with van der Waals surface area (Å²) >= 11 is 6.91. The van der Waals surface area contributed by atoms with E-state index in [0.717, 1.165) is 24.2 Å². The fraction of sp³-hybridized carbons (Fsp3) is 0.636. The number of nitrogens with zero attached hydrogens (tertiary/aromatic N) is 1. The fourth-order valence-corrected chi connectivity index (χ4v) is 5.11. The normalized spacial score (nSPS) is 21.1. The van der Waals surface area contributed by atoms with E-state index in [0.29, 0.717) is 21.6 Å². The molecular formula is C11H17ClN2O2S2. The van der Waals surface area contributed by atoms with Gasteiger partial charge in [-0.1, -0.05) is 11.6 Å². The van der Waals surface area contributed by atoms with Crippen LogP contribution in [-0.2, 0) is 10.0 Å². The van der Waals surface area contributed by atoms with Gasteiger partial charge in [0.25, 0.3) is 10.0 Å². The molecule has 0 atom stereocenters. The first-order chi connectivity index (χ1) is 8.37. The van der Waals surface area contributed by atoms with Crippen molar-refractivity contribution in [1.82, 2.24) is 9.62 Å². The molecule has 1 N–H and O–H groups in total. The van der Waals surface area contributed by atoms with Crippen LogP contribution in [0.1, 0.15) is 19.8 Å². The number of piperidine rings is 1. The number of hydrogen-bond acceptors (Lipinski definition) is 4. The number of thiophene rings is 1. The molecule has 0 aliphatic carbocycles. The van der Waals surface area contributed by atoms with Crippen LogP contribution >= 0.6 is 22.9 Å². The monoisotopic (exact) mass is 308 g/mol. The van der Waals surface area contributed by atoms with Gasteiger partial charge in [0, 0.05) is 18.6 Å². The van der Waals surface area contributed by atoms with Gasteiger partial charge in [-0.2, -0.15) is 4.31 Å². The van der Waals surface area contributed by atoms with Crippen LogP contribution in [0.2, 0.25) is 4.34 Å². The largest absolute Gasteiger partial charge is 0.314 e. The molecule has 1 saturated heterocycles. The van der Waals surface area contributed by atoms with Gasteiger partial charge in [-0.25, -0.2) is 8.42 Å². The quantitative estimate of drug-likeness (QED) is 0.931. The maximum atomic E-state index is 12.4. The summed E-state index contributed by atoms with van der Waals surface area (Å²) in [7, 11) is -1.44. The van der Waals surface area contributed by atoms with E-state index in [9.17, 15) is 8.42 Å². The van der Waals surface area contributed by atoms with Crippen molar-refractivity contribution in [2.45, 2.75) is 29.5 Å². The van der Waals surface area contributed by atoms with Gasteiger partial charge in [-0.3, -0.25) is 0 Å². The van der Waals surface area contributed by atoms with Crippen molar-refractivity contribution in [3.05, 3.63) is 16.5 Å². The maximum absolute atomic E-state index is 12.4. The Kier molecular flexibility index (Phi) is 4.04. The van der Waals surface area contributed by atoms with Crippen molar-refractivity contribution >= 4 is 33.0 Å². The molecule has 0 saturated carbocycles. The molecule has 0 radical (unpaired) electrons. The van der Waals surface area contributed by atoms with Gasteiger partial charge in [0.05, 0.1) is 4.34 Å². The van der Waals surface area contributed by atoms with Gasteiger partial charge in [0.1, 0.15) is 4.21 Å². The average molecular weight is 309 g/mol. The van der Waals surface area contributed by atoms with Gasteiger partial charge < -0.3 is 5.32 Å². The predicted octanol–water partition coefficient (Wildman–Crippen LogP) is 2.16. The lowest BCUT2D eigenvalue weighted by Crippen LogP contribution is -2.51. The summed E-state index contributed by atoms with van der Waals surface area (Å²) in [5.74, 6) is 0. The molecule has 0 bridgehead atoms. The molecule has 0 spiro atoms. The molecule has 0 amide bonds. The average Bonchev–Trinajstić information content (AvgIpc) is 2.77. The highest BCUT2D eigenvalue weighted by Crippen LogP contribution is 2.31. The number of nitrogens with one attached hydrogen (secondary N) is 1. The topological polar surface area (TPSA) is 49.4 Å². The molecule has 1 aliphatic heterocycles. The lowest BCUT2D eigenvalue weighted by atomic mass is 9.91. The van der Waals surface area contributed by atoms with E-state index in [2.05, 4.69) is 12.2 Å². The molecule has 2 heterocycles.